The third kappa shape index (κ3) is 2.29. The first-order valence-corrected chi connectivity index (χ1v) is 6.86. The third-order valence-electron chi connectivity index (χ3n) is 3.67. The fraction of sp³-hybridized carbons (Fsp3) is 0.222. The molecule has 0 saturated carbocycles. The van der Waals surface area contributed by atoms with Crippen molar-refractivity contribution in [2.75, 3.05) is 0 Å². The molecular weight excluding hydrogens is 246 g/mol. The van der Waals surface area contributed by atoms with Gasteiger partial charge in [-0.2, -0.15) is 0 Å². The second-order valence-corrected chi connectivity index (χ2v) is 6.28. The Hall–Kier alpha value is -2.22. The number of benzene rings is 2. The van der Waals surface area contributed by atoms with Crippen LogP contribution in [-0.2, 0) is 5.41 Å². The van der Waals surface area contributed by atoms with Gasteiger partial charge in [-0.05, 0) is 52.9 Å². The maximum atomic E-state index is 9.36. The second kappa shape index (κ2) is 4.41. The molecule has 0 aliphatic heterocycles. The van der Waals surface area contributed by atoms with Crippen LogP contribution < -0.4 is 0 Å². The van der Waals surface area contributed by atoms with E-state index in [4.69, 9.17) is 0 Å². The van der Waals surface area contributed by atoms with Gasteiger partial charge < -0.3 is 10.1 Å². The van der Waals surface area contributed by atoms with Crippen LogP contribution >= 0.6 is 0 Å². The summed E-state index contributed by atoms with van der Waals surface area (Å²) in [5, 5.41) is 10.6. The Morgan fingerprint density at radius 1 is 0.900 bits per heavy atom. The normalized spacial score (nSPS) is 11.9. The molecule has 0 aliphatic rings. The first-order chi connectivity index (χ1) is 9.43. The third-order valence-corrected chi connectivity index (χ3v) is 3.67. The molecule has 0 amide bonds. The second-order valence-electron chi connectivity index (χ2n) is 6.28. The molecule has 1 heterocycles. The molecule has 0 atom stereocenters. The Morgan fingerprint density at radius 2 is 1.60 bits per heavy atom. The van der Waals surface area contributed by atoms with Crippen LogP contribution in [0.3, 0.4) is 0 Å². The Bertz CT molecular complexity index is 745. The molecule has 2 heteroatoms. The number of rotatable bonds is 1. The summed E-state index contributed by atoms with van der Waals surface area (Å²) in [6.07, 6.45) is 0. The highest BCUT2D eigenvalue weighted by Gasteiger charge is 2.14. The maximum Gasteiger partial charge on any atom is 0.115 e. The number of phenolic OH excluding ortho intramolecular Hbond substituents is 1. The first kappa shape index (κ1) is 12.8. The Labute approximate surface area is 119 Å². The predicted molar refractivity (Wildman–Crippen MR) is 84.1 cm³/mol. The topological polar surface area (TPSA) is 36.0 Å². The van der Waals surface area contributed by atoms with Crippen molar-refractivity contribution in [2.24, 2.45) is 0 Å². The molecule has 0 aliphatic carbocycles. The monoisotopic (exact) mass is 265 g/mol. The van der Waals surface area contributed by atoms with Crippen molar-refractivity contribution in [2.45, 2.75) is 26.2 Å². The number of H-pyrrole nitrogens is 1. The van der Waals surface area contributed by atoms with Crippen LogP contribution in [0.1, 0.15) is 26.3 Å². The van der Waals surface area contributed by atoms with Crippen LogP contribution in [0.15, 0.2) is 48.5 Å². The molecule has 3 rings (SSSR count). The quantitative estimate of drug-likeness (QED) is 0.649. The van der Waals surface area contributed by atoms with Crippen LogP contribution in [0.4, 0.5) is 0 Å². The van der Waals surface area contributed by atoms with Crippen LogP contribution in [0.25, 0.3) is 22.2 Å². The van der Waals surface area contributed by atoms with Gasteiger partial charge in [0.05, 0.1) is 0 Å². The van der Waals surface area contributed by atoms with Crippen LogP contribution in [0, 0.1) is 0 Å². The molecule has 2 nitrogen and oxygen atoms in total. The van der Waals surface area contributed by atoms with Gasteiger partial charge >= 0.3 is 0 Å². The zero-order valence-electron chi connectivity index (χ0n) is 12.1. The molecule has 0 fully saturated rings. The van der Waals surface area contributed by atoms with Crippen molar-refractivity contribution in [3.63, 3.8) is 0 Å². The van der Waals surface area contributed by atoms with Gasteiger partial charge in [-0.3, -0.25) is 0 Å². The molecule has 2 N–H and O–H groups in total. The Balaban J connectivity index is 2.09. The standard InChI is InChI=1S/C18H19NO/c1-18(2,3)14-7-4-13-10-16(19-17(13)11-14)12-5-8-15(20)9-6-12/h4-11,19-20H,1-3H3. The lowest BCUT2D eigenvalue weighted by molar-refractivity contribution is 0.475. The number of hydrogen-bond acceptors (Lipinski definition) is 1. The highest BCUT2D eigenvalue weighted by atomic mass is 16.3. The van der Waals surface area contributed by atoms with Gasteiger partial charge in [0.2, 0.25) is 0 Å². The molecular formula is C18H19NO. The van der Waals surface area contributed by atoms with Crippen LogP contribution in [-0.4, -0.2) is 10.1 Å². The summed E-state index contributed by atoms with van der Waals surface area (Å²) in [5.41, 5.74) is 4.78. The minimum absolute atomic E-state index is 0.151. The molecule has 0 bridgehead atoms. The number of nitrogens with one attached hydrogen (secondary N) is 1. The summed E-state index contributed by atoms with van der Waals surface area (Å²) in [6.45, 7) is 6.66. The number of fused-ring (bicyclic) bond motifs is 1. The maximum absolute atomic E-state index is 9.36. The number of hydrogen-bond donors (Lipinski definition) is 2. The van der Waals surface area contributed by atoms with Gasteiger partial charge in [-0.15, -0.1) is 0 Å². The lowest BCUT2D eigenvalue weighted by atomic mass is 9.87. The highest BCUT2D eigenvalue weighted by Crippen LogP contribution is 2.29. The number of aromatic amines is 1. The molecule has 2 aromatic carbocycles. The molecule has 1 aromatic heterocycles. The summed E-state index contributed by atoms with van der Waals surface area (Å²) < 4.78 is 0. The SMILES string of the molecule is CC(C)(C)c1ccc2cc(-c3ccc(O)cc3)[nH]c2c1. The van der Waals surface area contributed by atoms with Crippen molar-refractivity contribution < 1.29 is 5.11 Å². The van der Waals surface area contributed by atoms with Crippen LogP contribution in [0.5, 0.6) is 5.75 Å². The minimum atomic E-state index is 0.151. The number of aromatic nitrogens is 1. The summed E-state index contributed by atoms with van der Waals surface area (Å²) >= 11 is 0. The first-order valence-electron chi connectivity index (χ1n) is 6.86. The number of phenols is 1. The Morgan fingerprint density at radius 3 is 2.25 bits per heavy atom. The summed E-state index contributed by atoms with van der Waals surface area (Å²) in [7, 11) is 0. The van der Waals surface area contributed by atoms with E-state index in [9.17, 15) is 5.11 Å². The molecule has 0 saturated heterocycles. The fourth-order valence-electron chi connectivity index (χ4n) is 2.39. The fourth-order valence-corrected chi connectivity index (χ4v) is 2.39. The average Bonchev–Trinajstić information content (AvgIpc) is 2.81. The Kier molecular flexibility index (Phi) is 2.82. The van der Waals surface area contributed by atoms with Gasteiger partial charge in [-0.25, -0.2) is 0 Å². The average molecular weight is 265 g/mol. The van der Waals surface area contributed by atoms with E-state index in [0.29, 0.717) is 5.75 Å². The van der Waals surface area contributed by atoms with E-state index in [2.05, 4.69) is 50.0 Å². The van der Waals surface area contributed by atoms with Gasteiger partial charge in [0.15, 0.2) is 0 Å². The number of aromatic hydroxyl groups is 1. The van der Waals surface area contributed by atoms with Crippen LogP contribution in [0.2, 0.25) is 0 Å². The minimum Gasteiger partial charge on any atom is -0.508 e. The van der Waals surface area contributed by atoms with E-state index in [1.807, 2.05) is 12.1 Å². The lowest BCUT2D eigenvalue weighted by Gasteiger charge is -2.18. The molecule has 0 radical (unpaired) electrons. The van der Waals surface area contributed by atoms with Gasteiger partial charge in [0, 0.05) is 16.6 Å². The van der Waals surface area contributed by atoms with E-state index < -0.39 is 0 Å². The molecule has 0 spiro atoms. The largest absolute Gasteiger partial charge is 0.508 e. The predicted octanol–water partition coefficient (Wildman–Crippen LogP) is 4.84. The van der Waals surface area contributed by atoms with E-state index in [0.717, 1.165) is 16.8 Å². The van der Waals surface area contributed by atoms with Crippen molar-refractivity contribution in [3.8, 4) is 17.0 Å². The zero-order valence-corrected chi connectivity index (χ0v) is 12.1. The van der Waals surface area contributed by atoms with E-state index in [1.165, 1.54) is 10.9 Å². The molecule has 102 valence electrons. The van der Waals surface area contributed by atoms with E-state index in [1.54, 1.807) is 12.1 Å². The zero-order chi connectivity index (χ0) is 14.3. The van der Waals surface area contributed by atoms with E-state index in [-0.39, 0.29) is 5.41 Å². The van der Waals surface area contributed by atoms with Gasteiger partial charge in [0.25, 0.3) is 0 Å². The van der Waals surface area contributed by atoms with Gasteiger partial charge in [0.1, 0.15) is 5.75 Å². The lowest BCUT2D eigenvalue weighted by Crippen LogP contribution is -2.10. The van der Waals surface area contributed by atoms with Crippen molar-refractivity contribution in [1.82, 2.24) is 4.98 Å². The van der Waals surface area contributed by atoms with Crippen molar-refractivity contribution >= 4 is 10.9 Å². The summed E-state index contributed by atoms with van der Waals surface area (Å²) in [5.74, 6) is 0.292. The highest BCUT2D eigenvalue weighted by molar-refractivity contribution is 5.86. The smallest absolute Gasteiger partial charge is 0.115 e. The molecule has 0 unspecified atom stereocenters. The molecule has 20 heavy (non-hydrogen) atoms. The van der Waals surface area contributed by atoms with E-state index >= 15 is 0 Å². The van der Waals surface area contributed by atoms with Crippen molar-refractivity contribution in [3.05, 3.63) is 54.1 Å². The van der Waals surface area contributed by atoms with Crippen molar-refractivity contribution in [1.29, 1.82) is 0 Å². The van der Waals surface area contributed by atoms with Gasteiger partial charge in [-0.1, -0.05) is 32.9 Å². The summed E-state index contributed by atoms with van der Waals surface area (Å²) in [4.78, 5) is 3.46. The molecule has 3 aromatic rings. The summed E-state index contributed by atoms with van der Waals surface area (Å²) in [6, 6.07) is 16.0.